The van der Waals surface area contributed by atoms with Gasteiger partial charge in [-0.05, 0) is 46.9 Å². The highest BCUT2D eigenvalue weighted by Gasteiger charge is 2.05. The summed E-state index contributed by atoms with van der Waals surface area (Å²) in [5.74, 6) is 0.830. The number of nitrogens with one attached hydrogen (secondary N) is 1. The first-order valence-electron chi connectivity index (χ1n) is 5.63. The Morgan fingerprint density at radius 1 is 1.32 bits per heavy atom. The first-order valence-corrected chi connectivity index (χ1v) is 7.70. The normalized spacial score (nSPS) is 10.4. The van der Waals surface area contributed by atoms with Crippen LogP contribution in [0.25, 0.3) is 0 Å². The number of para-hydroxylation sites is 1. The summed E-state index contributed by atoms with van der Waals surface area (Å²) in [5, 5.41) is 3.30. The number of carbonyl (C=O) groups is 1. The van der Waals surface area contributed by atoms with Gasteiger partial charge in [-0.25, -0.2) is 0 Å². The minimum absolute atomic E-state index is 0.275. The van der Waals surface area contributed by atoms with Gasteiger partial charge in [0.1, 0.15) is 5.76 Å². The maximum Gasteiger partial charge on any atom is 0.227 e. The largest absolute Gasteiger partial charge is 0.454 e. The summed E-state index contributed by atoms with van der Waals surface area (Å²) in [7, 11) is 0. The molecule has 4 nitrogen and oxygen atoms in total. The van der Waals surface area contributed by atoms with Crippen LogP contribution in [0.15, 0.2) is 45.7 Å². The minimum atomic E-state index is -0.319. The van der Waals surface area contributed by atoms with E-state index in [9.17, 15) is 4.79 Å². The van der Waals surface area contributed by atoms with Crippen LogP contribution in [-0.4, -0.2) is 11.7 Å². The second kappa shape index (κ2) is 6.85. The van der Waals surface area contributed by atoms with Crippen LogP contribution in [-0.2, 0) is 11.3 Å². The summed E-state index contributed by atoms with van der Waals surface area (Å²) < 4.78 is 6.35. The molecule has 3 N–H and O–H groups in total. The predicted octanol–water partition coefficient (Wildman–Crippen LogP) is 3.07. The molecule has 100 valence electrons. The van der Waals surface area contributed by atoms with Gasteiger partial charge in [0, 0.05) is 10.6 Å². The molecule has 1 amide bonds. The molecule has 0 spiro atoms. The molecule has 0 saturated carbocycles. The van der Waals surface area contributed by atoms with E-state index in [0.717, 1.165) is 20.1 Å². The molecule has 19 heavy (non-hydrogen) atoms. The zero-order valence-electron chi connectivity index (χ0n) is 10.1. The van der Waals surface area contributed by atoms with Gasteiger partial charge in [-0.1, -0.05) is 12.1 Å². The zero-order valence-corrected chi connectivity index (χ0v) is 13.0. The fourth-order valence-corrected chi connectivity index (χ4v) is 2.75. The topological polar surface area (TPSA) is 68.3 Å². The van der Waals surface area contributed by atoms with Crippen molar-refractivity contribution in [3.05, 3.63) is 45.9 Å². The Hall–Kier alpha value is -1.15. The smallest absolute Gasteiger partial charge is 0.227 e. The second-order valence-electron chi connectivity index (χ2n) is 3.81. The van der Waals surface area contributed by atoms with Crippen molar-refractivity contribution in [2.75, 3.05) is 11.1 Å². The summed E-state index contributed by atoms with van der Waals surface area (Å²) in [4.78, 5) is 11.8. The van der Waals surface area contributed by atoms with E-state index in [-0.39, 0.29) is 11.7 Å². The lowest BCUT2D eigenvalue weighted by Gasteiger charge is -2.09. The molecule has 0 aliphatic rings. The molecule has 0 aliphatic heterocycles. The third kappa shape index (κ3) is 4.46. The van der Waals surface area contributed by atoms with Crippen molar-refractivity contribution in [3.8, 4) is 0 Å². The Balaban J connectivity index is 2.01. The van der Waals surface area contributed by atoms with E-state index in [1.807, 2.05) is 36.4 Å². The van der Waals surface area contributed by atoms with Crippen LogP contribution in [0, 0.1) is 3.77 Å². The fraction of sp³-hybridized carbons (Fsp3) is 0.154. The Morgan fingerprint density at radius 2 is 2.11 bits per heavy atom. The number of amides is 1. The molecule has 2 aromatic rings. The number of hydrogen-bond acceptors (Lipinski definition) is 4. The van der Waals surface area contributed by atoms with Gasteiger partial charge in [0.05, 0.1) is 12.3 Å². The molecule has 0 radical (unpaired) electrons. The number of halogens is 1. The van der Waals surface area contributed by atoms with Crippen molar-refractivity contribution in [2.45, 2.75) is 11.4 Å². The quantitative estimate of drug-likeness (QED) is 0.590. The SMILES string of the molecule is NC(=O)CSc1ccccc1NCc1ccc(I)o1. The number of rotatable bonds is 6. The Morgan fingerprint density at radius 3 is 2.79 bits per heavy atom. The lowest BCUT2D eigenvalue weighted by Crippen LogP contribution is -2.13. The van der Waals surface area contributed by atoms with Crippen LogP contribution in [0.1, 0.15) is 5.76 Å². The monoisotopic (exact) mass is 388 g/mol. The molecule has 1 aromatic carbocycles. The highest BCUT2D eigenvalue weighted by Crippen LogP contribution is 2.27. The standard InChI is InChI=1S/C13H13IN2O2S/c14-12-6-5-9(18-12)7-16-10-3-1-2-4-11(10)19-8-13(15)17/h1-6,16H,7-8H2,(H2,15,17). The number of furan rings is 1. The van der Waals surface area contributed by atoms with Gasteiger partial charge in [-0.2, -0.15) is 0 Å². The van der Waals surface area contributed by atoms with Crippen LogP contribution in [0.4, 0.5) is 5.69 Å². The Labute approximate surface area is 129 Å². The van der Waals surface area contributed by atoms with Crippen molar-refractivity contribution >= 4 is 45.9 Å². The van der Waals surface area contributed by atoms with E-state index in [4.69, 9.17) is 10.2 Å². The van der Waals surface area contributed by atoms with Gasteiger partial charge < -0.3 is 15.5 Å². The number of hydrogen-bond donors (Lipinski definition) is 2. The maximum absolute atomic E-state index is 10.8. The van der Waals surface area contributed by atoms with Crippen molar-refractivity contribution in [3.63, 3.8) is 0 Å². The predicted molar refractivity (Wildman–Crippen MR) is 85.1 cm³/mol. The van der Waals surface area contributed by atoms with Crippen molar-refractivity contribution in [1.82, 2.24) is 0 Å². The average molecular weight is 388 g/mol. The van der Waals surface area contributed by atoms with Gasteiger partial charge >= 0.3 is 0 Å². The molecular weight excluding hydrogens is 375 g/mol. The Bertz CT molecular complexity index is 571. The van der Waals surface area contributed by atoms with E-state index in [1.165, 1.54) is 11.8 Å². The van der Waals surface area contributed by atoms with Crippen LogP contribution in [0.5, 0.6) is 0 Å². The number of nitrogens with two attached hydrogens (primary N) is 1. The first-order chi connectivity index (χ1) is 9.15. The molecule has 0 saturated heterocycles. The molecule has 0 aliphatic carbocycles. The van der Waals surface area contributed by atoms with Gasteiger partial charge in [-0.3, -0.25) is 4.79 Å². The second-order valence-corrected chi connectivity index (χ2v) is 5.89. The maximum atomic E-state index is 10.8. The van der Waals surface area contributed by atoms with Gasteiger partial charge in [-0.15, -0.1) is 11.8 Å². The summed E-state index contributed by atoms with van der Waals surface area (Å²) in [6.07, 6.45) is 0. The number of thioether (sulfide) groups is 1. The molecular formula is C13H13IN2O2S. The number of primary amides is 1. The summed E-state index contributed by atoms with van der Waals surface area (Å²) in [6.45, 7) is 0.608. The fourth-order valence-electron chi connectivity index (χ4n) is 1.52. The van der Waals surface area contributed by atoms with Crippen molar-refractivity contribution < 1.29 is 9.21 Å². The third-order valence-corrected chi connectivity index (χ3v) is 4.01. The van der Waals surface area contributed by atoms with E-state index >= 15 is 0 Å². The minimum Gasteiger partial charge on any atom is -0.454 e. The third-order valence-electron chi connectivity index (χ3n) is 2.34. The number of carbonyl (C=O) groups excluding carboxylic acids is 1. The highest BCUT2D eigenvalue weighted by molar-refractivity contribution is 14.1. The lowest BCUT2D eigenvalue weighted by atomic mass is 10.3. The Kier molecular flexibility index (Phi) is 5.15. The van der Waals surface area contributed by atoms with Gasteiger partial charge in [0.2, 0.25) is 5.91 Å². The molecule has 1 heterocycles. The number of anilines is 1. The van der Waals surface area contributed by atoms with E-state index < -0.39 is 0 Å². The summed E-state index contributed by atoms with van der Waals surface area (Å²) in [5.41, 5.74) is 6.13. The zero-order chi connectivity index (χ0) is 13.7. The average Bonchev–Trinajstić information content (AvgIpc) is 2.80. The van der Waals surface area contributed by atoms with Crippen LogP contribution >= 0.6 is 34.4 Å². The van der Waals surface area contributed by atoms with Crippen molar-refractivity contribution in [1.29, 1.82) is 0 Å². The van der Waals surface area contributed by atoms with Crippen LogP contribution in [0.2, 0.25) is 0 Å². The molecule has 6 heteroatoms. The van der Waals surface area contributed by atoms with Crippen LogP contribution in [0.3, 0.4) is 0 Å². The molecule has 0 unspecified atom stereocenters. The molecule has 2 rings (SSSR count). The summed E-state index contributed by atoms with van der Waals surface area (Å²) in [6, 6.07) is 11.7. The van der Waals surface area contributed by atoms with Crippen molar-refractivity contribution in [2.24, 2.45) is 5.73 Å². The van der Waals surface area contributed by atoms with Crippen LogP contribution < -0.4 is 11.1 Å². The lowest BCUT2D eigenvalue weighted by molar-refractivity contribution is -0.115. The van der Waals surface area contributed by atoms with E-state index in [2.05, 4.69) is 27.9 Å². The summed E-state index contributed by atoms with van der Waals surface area (Å²) >= 11 is 3.56. The van der Waals surface area contributed by atoms with Gasteiger partial charge in [0.25, 0.3) is 0 Å². The molecule has 0 bridgehead atoms. The van der Waals surface area contributed by atoms with E-state index in [0.29, 0.717) is 6.54 Å². The molecule has 1 aromatic heterocycles. The molecule has 0 fully saturated rings. The first kappa shape index (κ1) is 14.3. The highest BCUT2D eigenvalue weighted by atomic mass is 127. The number of benzene rings is 1. The van der Waals surface area contributed by atoms with E-state index in [1.54, 1.807) is 0 Å². The molecule has 0 atom stereocenters. The van der Waals surface area contributed by atoms with Gasteiger partial charge in [0.15, 0.2) is 3.77 Å².